The molecule has 8 heteroatoms. The number of hydrogen-bond donors (Lipinski definition) is 2. The molecule has 0 radical (unpaired) electrons. The molecule has 2 amide bonds. The molecule has 2 unspecified atom stereocenters. The Morgan fingerprint density at radius 1 is 1.41 bits per heavy atom. The maximum absolute atomic E-state index is 13.6. The summed E-state index contributed by atoms with van der Waals surface area (Å²) in [6, 6.07) is 1.79. The Labute approximate surface area is 128 Å². The average molecular weight is 332 g/mol. The van der Waals surface area contributed by atoms with E-state index in [1.165, 1.54) is 6.92 Å². The summed E-state index contributed by atoms with van der Waals surface area (Å²) in [7, 11) is -2.98. The predicted octanol–water partition coefficient (Wildman–Crippen LogP) is 1.76. The summed E-state index contributed by atoms with van der Waals surface area (Å²) in [5.74, 6) is -1.07. The molecule has 2 N–H and O–H groups in total. The normalized spacial score (nSPS) is 21.3. The van der Waals surface area contributed by atoms with Gasteiger partial charge in [0, 0.05) is 12.1 Å². The maximum Gasteiger partial charge on any atom is 0.315 e. The van der Waals surface area contributed by atoms with Crippen LogP contribution in [0.3, 0.4) is 0 Å². The average Bonchev–Trinajstić information content (AvgIpc) is 2.78. The molecule has 0 aromatic heterocycles. The van der Waals surface area contributed by atoms with Gasteiger partial charge >= 0.3 is 6.03 Å². The van der Waals surface area contributed by atoms with Crippen LogP contribution >= 0.6 is 0 Å². The largest absolute Gasteiger partial charge is 0.338 e. The standard InChI is InChI=1S/C14H18F2N2O3S/c1-9(12-6-11(15)2-3-13(12)16)18-14(19)17-7-10-4-5-22(20,21)8-10/h2-3,6,9-10H,4-5,7-8H2,1H3,(H2,17,18,19). The maximum atomic E-state index is 13.6. The van der Waals surface area contributed by atoms with Gasteiger partial charge in [0.1, 0.15) is 11.6 Å². The van der Waals surface area contributed by atoms with Crippen LogP contribution in [0.25, 0.3) is 0 Å². The number of sulfone groups is 1. The van der Waals surface area contributed by atoms with Crippen molar-refractivity contribution in [2.75, 3.05) is 18.1 Å². The van der Waals surface area contributed by atoms with E-state index in [1.54, 1.807) is 0 Å². The summed E-state index contributed by atoms with van der Waals surface area (Å²) in [6.45, 7) is 1.78. The summed E-state index contributed by atoms with van der Waals surface area (Å²) in [5.41, 5.74) is 0.0543. The Bertz CT molecular complexity index is 664. The second-order valence-corrected chi connectivity index (χ2v) is 7.74. The zero-order chi connectivity index (χ0) is 16.3. The van der Waals surface area contributed by atoms with Gasteiger partial charge in [-0.2, -0.15) is 0 Å². The van der Waals surface area contributed by atoms with Crippen LogP contribution in [-0.4, -0.2) is 32.5 Å². The van der Waals surface area contributed by atoms with Gasteiger partial charge in [0.15, 0.2) is 9.84 Å². The molecule has 1 aliphatic heterocycles. The van der Waals surface area contributed by atoms with E-state index in [0.717, 1.165) is 18.2 Å². The SMILES string of the molecule is CC(NC(=O)NCC1CCS(=O)(=O)C1)c1cc(F)ccc1F. The predicted molar refractivity (Wildman–Crippen MR) is 78.1 cm³/mol. The Morgan fingerprint density at radius 2 is 2.14 bits per heavy atom. The third kappa shape index (κ3) is 4.40. The minimum atomic E-state index is -2.98. The Hall–Kier alpha value is -1.70. The van der Waals surface area contributed by atoms with Gasteiger partial charge < -0.3 is 10.6 Å². The third-order valence-electron chi connectivity index (χ3n) is 3.65. The lowest BCUT2D eigenvalue weighted by Gasteiger charge is -2.17. The minimum Gasteiger partial charge on any atom is -0.338 e. The molecule has 122 valence electrons. The van der Waals surface area contributed by atoms with Gasteiger partial charge in [0.05, 0.1) is 17.5 Å². The number of hydrogen-bond acceptors (Lipinski definition) is 3. The van der Waals surface area contributed by atoms with Crippen LogP contribution in [0.15, 0.2) is 18.2 Å². The first-order valence-corrected chi connectivity index (χ1v) is 8.79. The number of rotatable bonds is 4. The summed E-state index contributed by atoms with van der Waals surface area (Å²) < 4.78 is 49.3. The molecular formula is C14H18F2N2O3S. The number of carbonyl (C=O) groups is 1. The molecule has 0 spiro atoms. The zero-order valence-electron chi connectivity index (χ0n) is 12.1. The molecule has 22 heavy (non-hydrogen) atoms. The molecule has 1 saturated heterocycles. The van der Waals surface area contributed by atoms with Crippen LogP contribution in [0.1, 0.15) is 24.9 Å². The second-order valence-electron chi connectivity index (χ2n) is 5.51. The van der Waals surface area contributed by atoms with Crippen LogP contribution in [-0.2, 0) is 9.84 Å². The van der Waals surface area contributed by atoms with E-state index in [1.807, 2.05) is 0 Å². The van der Waals surface area contributed by atoms with E-state index in [2.05, 4.69) is 10.6 Å². The fourth-order valence-corrected chi connectivity index (χ4v) is 4.30. The molecule has 1 heterocycles. The first kappa shape index (κ1) is 16.7. The molecule has 1 aromatic rings. The lowest BCUT2D eigenvalue weighted by molar-refractivity contribution is 0.236. The topological polar surface area (TPSA) is 75.3 Å². The van der Waals surface area contributed by atoms with Crippen molar-refractivity contribution in [3.8, 4) is 0 Å². The van der Waals surface area contributed by atoms with Gasteiger partial charge in [-0.05, 0) is 37.5 Å². The van der Waals surface area contributed by atoms with Crippen molar-refractivity contribution < 1.29 is 22.0 Å². The number of amides is 2. The number of nitrogens with one attached hydrogen (secondary N) is 2. The molecule has 0 saturated carbocycles. The van der Waals surface area contributed by atoms with Crippen molar-refractivity contribution in [2.24, 2.45) is 5.92 Å². The smallest absolute Gasteiger partial charge is 0.315 e. The highest BCUT2D eigenvalue weighted by Crippen LogP contribution is 2.19. The molecule has 1 aliphatic rings. The molecule has 2 atom stereocenters. The molecule has 1 aromatic carbocycles. The summed E-state index contributed by atoms with van der Waals surface area (Å²) >= 11 is 0. The number of carbonyl (C=O) groups excluding carboxylic acids is 1. The van der Waals surface area contributed by atoms with Gasteiger partial charge in [-0.15, -0.1) is 0 Å². The lowest BCUT2D eigenvalue weighted by Crippen LogP contribution is -2.39. The molecule has 2 rings (SSSR count). The van der Waals surface area contributed by atoms with Crippen LogP contribution in [0.2, 0.25) is 0 Å². The molecule has 0 bridgehead atoms. The molecule has 5 nitrogen and oxygen atoms in total. The Morgan fingerprint density at radius 3 is 2.77 bits per heavy atom. The minimum absolute atomic E-state index is 0.0543. The summed E-state index contributed by atoms with van der Waals surface area (Å²) in [6.07, 6.45) is 0.524. The van der Waals surface area contributed by atoms with Crippen LogP contribution < -0.4 is 10.6 Å². The fraction of sp³-hybridized carbons (Fsp3) is 0.500. The van der Waals surface area contributed by atoms with E-state index >= 15 is 0 Å². The highest BCUT2D eigenvalue weighted by Gasteiger charge is 2.28. The van der Waals surface area contributed by atoms with Crippen LogP contribution in [0, 0.1) is 17.6 Å². The van der Waals surface area contributed by atoms with E-state index in [0.29, 0.717) is 6.42 Å². The summed E-state index contributed by atoms with van der Waals surface area (Å²) in [4.78, 5) is 11.8. The third-order valence-corrected chi connectivity index (χ3v) is 5.49. The van der Waals surface area contributed by atoms with E-state index < -0.39 is 33.5 Å². The summed E-state index contributed by atoms with van der Waals surface area (Å²) in [5, 5.41) is 5.07. The second kappa shape index (κ2) is 6.60. The van der Waals surface area contributed by atoms with Crippen molar-refractivity contribution in [1.29, 1.82) is 0 Å². The van der Waals surface area contributed by atoms with Crippen molar-refractivity contribution in [3.63, 3.8) is 0 Å². The fourth-order valence-electron chi connectivity index (χ4n) is 2.44. The van der Waals surface area contributed by atoms with E-state index in [4.69, 9.17) is 0 Å². The first-order valence-electron chi connectivity index (χ1n) is 6.96. The van der Waals surface area contributed by atoms with Gasteiger partial charge in [0.2, 0.25) is 0 Å². The highest BCUT2D eigenvalue weighted by atomic mass is 32.2. The van der Waals surface area contributed by atoms with Crippen LogP contribution in [0.4, 0.5) is 13.6 Å². The molecule has 0 aliphatic carbocycles. The van der Waals surface area contributed by atoms with Gasteiger partial charge in [0.25, 0.3) is 0 Å². The quantitative estimate of drug-likeness (QED) is 0.882. The van der Waals surface area contributed by atoms with Crippen LogP contribution in [0.5, 0.6) is 0 Å². The molecule has 1 fully saturated rings. The van der Waals surface area contributed by atoms with Crippen molar-refractivity contribution >= 4 is 15.9 Å². The zero-order valence-corrected chi connectivity index (χ0v) is 12.9. The number of benzene rings is 1. The monoisotopic (exact) mass is 332 g/mol. The van der Waals surface area contributed by atoms with Crippen molar-refractivity contribution in [3.05, 3.63) is 35.4 Å². The molecular weight excluding hydrogens is 314 g/mol. The lowest BCUT2D eigenvalue weighted by atomic mass is 10.1. The number of urea groups is 1. The van der Waals surface area contributed by atoms with E-state index in [9.17, 15) is 22.0 Å². The van der Waals surface area contributed by atoms with Crippen molar-refractivity contribution in [1.82, 2.24) is 10.6 Å². The Balaban J connectivity index is 1.85. The highest BCUT2D eigenvalue weighted by molar-refractivity contribution is 7.91. The van der Waals surface area contributed by atoms with Crippen molar-refractivity contribution in [2.45, 2.75) is 19.4 Å². The van der Waals surface area contributed by atoms with Gasteiger partial charge in [-0.25, -0.2) is 22.0 Å². The van der Waals surface area contributed by atoms with Gasteiger partial charge in [-0.3, -0.25) is 0 Å². The van der Waals surface area contributed by atoms with Gasteiger partial charge in [-0.1, -0.05) is 0 Å². The number of halogens is 2. The van der Waals surface area contributed by atoms with E-state index in [-0.39, 0.29) is 29.5 Å². The first-order chi connectivity index (χ1) is 10.3. The Kier molecular flexibility index (Phi) is 5.00.